The summed E-state index contributed by atoms with van der Waals surface area (Å²) in [6.07, 6.45) is 3.97. The highest BCUT2D eigenvalue weighted by Gasteiger charge is 2.28. The monoisotopic (exact) mass is 328 g/mol. The molecular formula is C24H24O. The highest BCUT2D eigenvalue weighted by atomic mass is 16.3. The molecule has 126 valence electrons. The van der Waals surface area contributed by atoms with Crippen molar-refractivity contribution in [3.63, 3.8) is 0 Å². The van der Waals surface area contributed by atoms with Crippen LogP contribution in [-0.2, 0) is 31.3 Å². The summed E-state index contributed by atoms with van der Waals surface area (Å²) in [7, 11) is 0. The van der Waals surface area contributed by atoms with E-state index in [0.717, 1.165) is 36.8 Å². The maximum atomic E-state index is 11.4. The minimum atomic E-state index is -0.973. The summed E-state index contributed by atoms with van der Waals surface area (Å²) in [4.78, 5) is 0. The molecule has 0 radical (unpaired) electrons. The van der Waals surface area contributed by atoms with Crippen molar-refractivity contribution < 1.29 is 5.11 Å². The van der Waals surface area contributed by atoms with Gasteiger partial charge in [-0.05, 0) is 66.0 Å². The summed E-state index contributed by atoms with van der Waals surface area (Å²) in [5.41, 5.74) is 6.29. The fraction of sp³-hybridized carbons (Fsp3) is 0.250. The summed E-state index contributed by atoms with van der Waals surface area (Å²) in [6.45, 7) is 1.92. The van der Waals surface area contributed by atoms with E-state index in [2.05, 4.69) is 42.5 Å². The minimum absolute atomic E-state index is 0.942. The standard InChI is InChI=1S/C24H24O/c1-24(25,22-5-3-2-4-6-22)23-17-20-12-11-18-7-9-19(10-8-18)13-15-21(23)16-14-20/h2-10,14,16-17,25H,11-13,15H2,1H3/t24-/m0/s1. The third kappa shape index (κ3) is 3.25. The molecule has 0 unspecified atom stereocenters. The molecule has 1 atom stereocenters. The predicted octanol–water partition coefficient (Wildman–Crippen LogP) is 4.83. The fourth-order valence-corrected chi connectivity index (χ4v) is 3.81. The van der Waals surface area contributed by atoms with E-state index in [0.29, 0.717) is 0 Å². The first-order valence-electron chi connectivity index (χ1n) is 9.11. The predicted molar refractivity (Wildman–Crippen MR) is 103 cm³/mol. The number of benzene rings is 3. The van der Waals surface area contributed by atoms with Gasteiger partial charge in [0.25, 0.3) is 0 Å². The van der Waals surface area contributed by atoms with E-state index in [9.17, 15) is 5.11 Å². The molecule has 1 N–H and O–H groups in total. The van der Waals surface area contributed by atoms with Gasteiger partial charge in [-0.1, -0.05) is 72.8 Å². The highest BCUT2D eigenvalue weighted by Crippen LogP contribution is 2.33. The number of hydrogen-bond donors (Lipinski definition) is 1. The van der Waals surface area contributed by atoms with E-state index in [1.54, 1.807) is 0 Å². The summed E-state index contributed by atoms with van der Waals surface area (Å²) in [5.74, 6) is 0. The molecular weight excluding hydrogens is 304 g/mol. The van der Waals surface area contributed by atoms with Gasteiger partial charge in [0.1, 0.15) is 5.60 Å². The first-order valence-corrected chi connectivity index (χ1v) is 9.11. The summed E-state index contributed by atoms with van der Waals surface area (Å²) < 4.78 is 0. The van der Waals surface area contributed by atoms with E-state index >= 15 is 0 Å². The Balaban J connectivity index is 1.79. The van der Waals surface area contributed by atoms with Gasteiger partial charge in [-0.15, -0.1) is 0 Å². The number of hydrogen-bond acceptors (Lipinski definition) is 1. The van der Waals surface area contributed by atoms with E-state index in [-0.39, 0.29) is 0 Å². The molecule has 4 bridgehead atoms. The first kappa shape index (κ1) is 16.1. The van der Waals surface area contributed by atoms with Gasteiger partial charge < -0.3 is 5.11 Å². The van der Waals surface area contributed by atoms with Crippen LogP contribution in [0.1, 0.15) is 40.3 Å². The summed E-state index contributed by atoms with van der Waals surface area (Å²) in [6, 6.07) is 25.7. The van der Waals surface area contributed by atoms with Crippen LogP contribution in [0.2, 0.25) is 0 Å². The van der Waals surface area contributed by atoms with Gasteiger partial charge in [-0.3, -0.25) is 0 Å². The van der Waals surface area contributed by atoms with Gasteiger partial charge in [0.15, 0.2) is 0 Å². The van der Waals surface area contributed by atoms with Crippen molar-refractivity contribution in [2.45, 2.75) is 38.2 Å². The zero-order valence-corrected chi connectivity index (χ0v) is 14.7. The Kier molecular flexibility index (Phi) is 4.19. The van der Waals surface area contributed by atoms with E-state index in [1.165, 1.54) is 22.3 Å². The van der Waals surface area contributed by atoms with Crippen LogP contribution in [-0.4, -0.2) is 5.11 Å². The molecule has 1 nitrogen and oxygen atoms in total. The second-order valence-electron chi connectivity index (χ2n) is 7.25. The Morgan fingerprint density at radius 2 is 1.24 bits per heavy atom. The lowest BCUT2D eigenvalue weighted by Gasteiger charge is -2.28. The molecule has 0 amide bonds. The normalized spacial score (nSPS) is 16.1. The first-order chi connectivity index (χ1) is 12.1. The van der Waals surface area contributed by atoms with E-state index in [4.69, 9.17) is 0 Å². The molecule has 0 heterocycles. The van der Waals surface area contributed by atoms with Crippen molar-refractivity contribution >= 4 is 0 Å². The molecule has 3 aromatic rings. The highest BCUT2D eigenvalue weighted by molar-refractivity contribution is 5.43. The number of aryl methyl sites for hydroxylation is 4. The fourth-order valence-electron chi connectivity index (χ4n) is 3.81. The van der Waals surface area contributed by atoms with Gasteiger partial charge in [0.05, 0.1) is 0 Å². The van der Waals surface area contributed by atoms with Crippen LogP contribution in [0, 0.1) is 0 Å². The third-order valence-corrected chi connectivity index (χ3v) is 5.44. The van der Waals surface area contributed by atoms with Gasteiger partial charge in [0.2, 0.25) is 0 Å². The lowest BCUT2D eigenvalue weighted by molar-refractivity contribution is 0.101. The van der Waals surface area contributed by atoms with Crippen LogP contribution in [0.3, 0.4) is 0 Å². The zero-order valence-electron chi connectivity index (χ0n) is 14.7. The topological polar surface area (TPSA) is 20.2 Å². The lowest BCUT2D eigenvalue weighted by atomic mass is 9.82. The van der Waals surface area contributed by atoms with Crippen molar-refractivity contribution in [3.05, 3.63) is 106 Å². The molecule has 4 aliphatic rings. The molecule has 4 aliphatic carbocycles. The van der Waals surface area contributed by atoms with E-state index < -0.39 is 5.60 Å². The van der Waals surface area contributed by atoms with Crippen LogP contribution in [0.5, 0.6) is 0 Å². The quantitative estimate of drug-likeness (QED) is 0.714. The number of aliphatic hydroxyl groups is 1. The molecule has 0 aromatic heterocycles. The van der Waals surface area contributed by atoms with Crippen molar-refractivity contribution in [1.82, 2.24) is 0 Å². The second-order valence-corrected chi connectivity index (χ2v) is 7.25. The van der Waals surface area contributed by atoms with Crippen LogP contribution in [0.4, 0.5) is 0 Å². The minimum Gasteiger partial charge on any atom is -0.381 e. The van der Waals surface area contributed by atoms with Gasteiger partial charge in [0, 0.05) is 0 Å². The Bertz CT molecular complexity index is 860. The van der Waals surface area contributed by atoms with Gasteiger partial charge in [-0.2, -0.15) is 0 Å². The molecule has 0 fully saturated rings. The van der Waals surface area contributed by atoms with Crippen LogP contribution in [0.15, 0.2) is 72.8 Å². The van der Waals surface area contributed by atoms with Crippen molar-refractivity contribution in [3.8, 4) is 0 Å². The lowest BCUT2D eigenvalue weighted by Crippen LogP contribution is -2.25. The summed E-state index contributed by atoms with van der Waals surface area (Å²) >= 11 is 0. The number of rotatable bonds is 2. The second kappa shape index (κ2) is 6.50. The Hall–Kier alpha value is -2.38. The maximum absolute atomic E-state index is 11.4. The third-order valence-electron chi connectivity index (χ3n) is 5.44. The smallest absolute Gasteiger partial charge is 0.112 e. The average Bonchev–Trinajstić information content (AvgIpc) is 2.64. The molecule has 1 heteroatoms. The van der Waals surface area contributed by atoms with Crippen molar-refractivity contribution in [1.29, 1.82) is 0 Å². The van der Waals surface area contributed by atoms with Gasteiger partial charge in [-0.25, -0.2) is 0 Å². The van der Waals surface area contributed by atoms with E-state index in [1.807, 2.05) is 37.3 Å². The molecule has 3 aromatic carbocycles. The van der Waals surface area contributed by atoms with Crippen LogP contribution < -0.4 is 0 Å². The molecule has 0 saturated carbocycles. The Labute approximate surface area is 150 Å². The molecule has 7 rings (SSSR count). The Morgan fingerprint density at radius 3 is 1.92 bits per heavy atom. The van der Waals surface area contributed by atoms with Crippen LogP contribution in [0.25, 0.3) is 0 Å². The largest absolute Gasteiger partial charge is 0.381 e. The Morgan fingerprint density at radius 1 is 0.680 bits per heavy atom. The molecule has 0 aliphatic heterocycles. The van der Waals surface area contributed by atoms with Gasteiger partial charge >= 0.3 is 0 Å². The van der Waals surface area contributed by atoms with Crippen LogP contribution >= 0.6 is 0 Å². The molecule has 25 heavy (non-hydrogen) atoms. The SMILES string of the molecule is C[C@](O)(c1ccccc1)c1cc2ccc1CCc1ccc(cc1)CC2. The van der Waals surface area contributed by atoms with Crippen molar-refractivity contribution in [2.24, 2.45) is 0 Å². The molecule has 0 saturated heterocycles. The summed E-state index contributed by atoms with van der Waals surface area (Å²) in [5, 5.41) is 11.4. The van der Waals surface area contributed by atoms with Crippen molar-refractivity contribution in [2.75, 3.05) is 0 Å². The molecule has 0 spiro atoms. The average molecular weight is 328 g/mol. The maximum Gasteiger partial charge on any atom is 0.112 e. The zero-order chi connectivity index (χ0) is 17.3.